The molecule has 0 bridgehead atoms. The zero-order valence-electron chi connectivity index (χ0n) is 16.5. The van der Waals surface area contributed by atoms with E-state index < -0.39 is 19.7 Å². The van der Waals surface area contributed by atoms with Crippen LogP contribution in [0.5, 0.6) is 0 Å². The Hall–Kier alpha value is -2.70. The van der Waals surface area contributed by atoms with Crippen LogP contribution in [0.1, 0.15) is 22.3 Å². The van der Waals surface area contributed by atoms with Gasteiger partial charge in [-0.3, -0.25) is 0 Å². The van der Waals surface area contributed by atoms with Gasteiger partial charge in [-0.05, 0) is 50.6 Å². The van der Waals surface area contributed by atoms with E-state index in [1.54, 1.807) is 48.5 Å². The molecule has 0 spiro atoms. The van der Waals surface area contributed by atoms with Crippen molar-refractivity contribution in [2.75, 3.05) is 0 Å². The van der Waals surface area contributed by atoms with E-state index in [9.17, 15) is 16.8 Å². The molecule has 0 radical (unpaired) electrons. The molecule has 29 heavy (non-hydrogen) atoms. The fourth-order valence-corrected chi connectivity index (χ4v) is 5.94. The zero-order valence-corrected chi connectivity index (χ0v) is 18.1. The first-order valence-corrected chi connectivity index (χ1v) is 12.0. The van der Waals surface area contributed by atoms with Crippen LogP contribution in [0.4, 0.5) is 0 Å². The van der Waals surface area contributed by atoms with Crippen molar-refractivity contribution in [3.63, 3.8) is 0 Å². The van der Waals surface area contributed by atoms with Crippen LogP contribution in [0.2, 0.25) is 0 Å². The minimum absolute atomic E-state index is 0.0480. The highest BCUT2D eigenvalue weighted by atomic mass is 32.2. The lowest BCUT2D eigenvalue weighted by molar-refractivity contribution is 0.601. The summed E-state index contributed by atoms with van der Waals surface area (Å²) in [6.07, 6.45) is 0. The topological polar surface area (TPSA) is 68.3 Å². The van der Waals surface area contributed by atoms with Crippen molar-refractivity contribution in [2.45, 2.75) is 30.6 Å². The van der Waals surface area contributed by atoms with Gasteiger partial charge in [-0.25, -0.2) is 16.8 Å². The summed E-state index contributed by atoms with van der Waals surface area (Å²) >= 11 is 0. The van der Waals surface area contributed by atoms with E-state index >= 15 is 0 Å². The second-order valence-electron chi connectivity index (χ2n) is 7.02. The molecule has 0 unspecified atom stereocenters. The lowest BCUT2D eigenvalue weighted by atomic mass is 10.1. The fourth-order valence-electron chi connectivity index (χ4n) is 2.79. The molecule has 0 aliphatic carbocycles. The highest BCUT2D eigenvalue weighted by molar-refractivity contribution is 8.02. The molecule has 6 heteroatoms. The first-order valence-electron chi connectivity index (χ1n) is 9.02. The maximum atomic E-state index is 13.4. The van der Waals surface area contributed by atoms with Gasteiger partial charge in [0.2, 0.25) is 19.7 Å². The number of sulfone groups is 2. The molecule has 0 saturated carbocycles. The van der Waals surface area contributed by atoms with Crippen LogP contribution < -0.4 is 0 Å². The largest absolute Gasteiger partial charge is 0.219 e. The second kappa shape index (κ2) is 7.97. The first-order chi connectivity index (χ1) is 13.6. The molecular formula is C23H22O4S2. The number of rotatable bonds is 5. The Labute approximate surface area is 172 Å². The monoisotopic (exact) mass is 426 g/mol. The molecule has 0 saturated heterocycles. The summed E-state index contributed by atoms with van der Waals surface area (Å²) in [5, 5.41) is 0.859. The van der Waals surface area contributed by atoms with Gasteiger partial charge in [0, 0.05) is 0 Å². The van der Waals surface area contributed by atoms with Gasteiger partial charge in [0.25, 0.3) is 0 Å². The van der Waals surface area contributed by atoms with E-state index in [0.717, 1.165) is 22.1 Å². The van der Waals surface area contributed by atoms with Crippen molar-refractivity contribution in [3.8, 4) is 0 Å². The van der Waals surface area contributed by atoms with E-state index in [2.05, 4.69) is 0 Å². The van der Waals surface area contributed by atoms with Gasteiger partial charge in [-0.2, -0.15) is 0 Å². The summed E-state index contributed by atoms with van der Waals surface area (Å²) in [7, 11) is -8.03. The number of hydrogen-bond acceptors (Lipinski definition) is 4. The van der Waals surface area contributed by atoms with Crippen molar-refractivity contribution in [2.24, 2.45) is 0 Å². The molecule has 0 fully saturated rings. The molecule has 3 aromatic carbocycles. The van der Waals surface area contributed by atoms with Crippen LogP contribution in [0.25, 0.3) is 4.91 Å². The van der Waals surface area contributed by atoms with Gasteiger partial charge in [-0.15, -0.1) is 0 Å². The average Bonchev–Trinajstić information content (AvgIpc) is 2.67. The SMILES string of the molecule is Cc1ccc(/C(=C\S(=O)(=O)c2ccc(C)cc2)S(=O)(=O)c2ccc(C)cc2)cc1. The zero-order chi connectivity index (χ0) is 21.2. The summed E-state index contributed by atoms with van der Waals surface area (Å²) in [4.78, 5) is -0.150. The molecule has 3 rings (SSSR count). The molecule has 0 aromatic heterocycles. The number of hydrogen-bond donors (Lipinski definition) is 0. The van der Waals surface area contributed by atoms with Crippen molar-refractivity contribution in [1.29, 1.82) is 0 Å². The Balaban J connectivity index is 2.23. The van der Waals surface area contributed by atoms with E-state index in [1.165, 1.54) is 24.3 Å². The average molecular weight is 427 g/mol. The van der Waals surface area contributed by atoms with Gasteiger partial charge in [0.15, 0.2) is 0 Å². The third-order valence-corrected chi connectivity index (χ3v) is 8.02. The van der Waals surface area contributed by atoms with Gasteiger partial charge in [-0.1, -0.05) is 65.2 Å². The molecule has 3 aromatic rings. The Morgan fingerprint density at radius 2 is 0.966 bits per heavy atom. The van der Waals surface area contributed by atoms with Crippen LogP contribution in [0, 0.1) is 20.8 Å². The van der Waals surface area contributed by atoms with Crippen molar-refractivity contribution in [1.82, 2.24) is 0 Å². The molecular weight excluding hydrogens is 404 g/mol. The number of benzene rings is 3. The quantitative estimate of drug-likeness (QED) is 0.584. The molecule has 0 aliphatic rings. The lowest BCUT2D eigenvalue weighted by Gasteiger charge is -2.11. The third kappa shape index (κ3) is 4.66. The second-order valence-corrected chi connectivity index (χ2v) is 10.7. The van der Waals surface area contributed by atoms with Gasteiger partial charge < -0.3 is 0 Å². The van der Waals surface area contributed by atoms with Crippen molar-refractivity contribution >= 4 is 24.6 Å². The van der Waals surface area contributed by atoms with Crippen LogP contribution >= 0.6 is 0 Å². The number of aryl methyl sites for hydroxylation is 3. The Morgan fingerprint density at radius 3 is 1.41 bits per heavy atom. The molecule has 0 amide bonds. The molecule has 0 heterocycles. The van der Waals surface area contributed by atoms with E-state index in [1.807, 2.05) is 20.8 Å². The Bertz CT molecular complexity index is 1250. The first kappa shape index (κ1) is 21.0. The molecule has 150 valence electrons. The lowest BCUT2D eigenvalue weighted by Crippen LogP contribution is -2.08. The molecule has 0 atom stereocenters. The van der Waals surface area contributed by atoms with Crippen LogP contribution in [0.15, 0.2) is 88.0 Å². The van der Waals surface area contributed by atoms with Crippen molar-refractivity contribution < 1.29 is 16.8 Å². The normalized spacial score (nSPS) is 12.7. The summed E-state index contributed by atoms with van der Waals surface area (Å²) in [5.74, 6) is 0. The van der Waals surface area contributed by atoms with E-state index in [-0.39, 0.29) is 14.7 Å². The molecule has 0 N–H and O–H groups in total. The fraction of sp³-hybridized carbons (Fsp3) is 0.130. The van der Waals surface area contributed by atoms with Gasteiger partial charge in [0.05, 0.1) is 20.1 Å². The predicted molar refractivity (Wildman–Crippen MR) is 116 cm³/mol. The smallest absolute Gasteiger partial charge is 0.207 e. The van der Waals surface area contributed by atoms with Crippen LogP contribution in [-0.4, -0.2) is 16.8 Å². The van der Waals surface area contributed by atoms with Gasteiger partial charge >= 0.3 is 0 Å². The van der Waals surface area contributed by atoms with Crippen molar-refractivity contribution in [3.05, 3.63) is 100 Å². The third-order valence-electron chi connectivity index (χ3n) is 4.57. The summed E-state index contributed by atoms with van der Waals surface area (Å²) in [6.45, 7) is 5.59. The van der Waals surface area contributed by atoms with E-state index in [0.29, 0.717) is 5.56 Å². The molecule has 0 aliphatic heterocycles. The molecule has 4 nitrogen and oxygen atoms in total. The maximum Gasteiger partial charge on any atom is 0.207 e. The minimum Gasteiger partial charge on any atom is -0.219 e. The van der Waals surface area contributed by atoms with Crippen LogP contribution in [0.3, 0.4) is 0 Å². The Morgan fingerprint density at radius 1 is 0.586 bits per heavy atom. The minimum atomic E-state index is -4.05. The summed E-state index contributed by atoms with van der Waals surface area (Å²) < 4.78 is 52.7. The summed E-state index contributed by atoms with van der Waals surface area (Å²) in [6, 6.07) is 19.4. The highest BCUT2D eigenvalue weighted by Crippen LogP contribution is 2.31. The van der Waals surface area contributed by atoms with Crippen LogP contribution in [-0.2, 0) is 19.7 Å². The standard InChI is InChI=1S/C23H22O4S2/c1-17-4-10-20(11-5-17)23(29(26,27)22-14-8-19(3)9-15-22)16-28(24,25)21-12-6-18(2)7-13-21/h4-16H,1-3H3/b23-16+. The maximum absolute atomic E-state index is 13.4. The van der Waals surface area contributed by atoms with E-state index in [4.69, 9.17) is 0 Å². The summed E-state index contributed by atoms with van der Waals surface area (Å²) in [5.41, 5.74) is 3.10. The highest BCUT2D eigenvalue weighted by Gasteiger charge is 2.26. The van der Waals surface area contributed by atoms with Gasteiger partial charge in [0.1, 0.15) is 0 Å². The Kier molecular flexibility index (Phi) is 5.78. The predicted octanol–water partition coefficient (Wildman–Crippen LogP) is 4.86.